The minimum absolute atomic E-state index is 0.0915. The summed E-state index contributed by atoms with van der Waals surface area (Å²) < 4.78 is 6.50. The number of morpholine rings is 1. The van der Waals surface area contributed by atoms with Crippen molar-refractivity contribution in [3.05, 3.63) is 53.6 Å². The average Bonchev–Trinajstić information content (AvgIpc) is 3.40. The van der Waals surface area contributed by atoms with Crippen LogP contribution >= 0.6 is 0 Å². The summed E-state index contributed by atoms with van der Waals surface area (Å²) in [5, 5.41) is 0. The van der Waals surface area contributed by atoms with E-state index in [4.69, 9.17) is 4.74 Å². The van der Waals surface area contributed by atoms with Crippen LogP contribution in [0.1, 0.15) is 53.7 Å². The Hall–Kier alpha value is -2.18. The number of rotatable bonds is 2. The van der Waals surface area contributed by atoms with Crippen molar-refractivity contribution in [2.24, 2.45) is 0 Å². The number of H-pyrrole nitrogens is 1. The molecule has 6 heteroatoms. The fraction of sp³-hybridized carbons (Fsp3) is 0.583. The van der Waals surface area contributed by atoms with E-state index < -0.39 is 0 Å². The van der Waals surface area contributed by atoms with Crippen LogP contribution in [-0.4, -0.2) is 69.1 Å². The molecule has 1 aromatic heterocycles. The molecule has 30 heavy (non-hydrogen) atoms. The van der Waals surface area contributed by atoms with E-state index >= 15 is 0 Å². The van der Waals surface area contributed by atoms with Crippen LogP contribution in [-0.2, 0) is 17.6 Å². The van der Waals surface area contributed by atoms with Crippen LogP contribution in [0.4, 0.5) is 0 Å². The van der Waals surface area contributed by atoms with Crippen LogP contribution in [0.25, 0.3) is 0 Å². The molecule has 3 aliphatic heterocycles. The first-order valence-corrected chi connectivity index (χ1v) is 11.5. The first-order chi connectivity index (χ1) is 14.7. The Morgan fingerprint density at radius 1 is 1.10 bits per heavy atom. The van der Waals surface area contributed by atoms with Crippen LogP contribution in [0.5, 0.6) is 0 Å². The molecule has 2 unspecified atom stereocenters. The lowest BCUT2D eigenvalue weighted by Crippen LogP contribution is -2.62. The van der Waals surface area contributed by atoms with Crippen molar-refractivity contribution in [1.29, 1.82) is 0 Å². The number of hydrogen-bond donors (Lipinski definition) is 1. The fourth-order valence-electron chi connectivity index (χ4n) is 6.57. The highest BCUT2D eigenvalue weighted by molar-refractivity contribution is 5.92. The summed E-state index contributed by atoms with van der Waals surface area (Å²) in [5.74, 6) is 0.103. The number of ether oxygens (including phenoxy) is 1. The maximum atomic E-state index is 13.0. The summed E-state index contributed by atoms with van der Waals surface area (Å²) in [4.78, 5) is 24.9. The average molecular weight is 407 g/mol. The predicted molar refractivity (Wildman–Crippen MR) is 113 cm³/mol. The van der Waals surface area contributed by atoms with Crippen molar-refractivity contribution in [3.63, 3.8) is 0 Å². The Balaban J connectivity index is 1.18. The van der Waals surface area contributed by atoms with Gasteiger partial charge in [-0.2, -0.15) is 0 Å². The number of hydrogen-bond acceptors (Lipinski definition) is 4. The number of nitrogens with one attached hydrogen (secondary N) is 1. The topological polar surface area (TPSA) is 61.5 Å². The highest BCUT2D eigenvalue weighted by Gasteiger charge is 2.53. The van der Waals surface area contributed by atoms with E-state index in [1.807, 2.05) is 0 Å². The number of piperidine rings is 1. The SMILES string of the molecule is O=C(c1cnc[nH]1)N1[C@@H]2CC[C@H]1CC1(C2)CN(C2CCc3ccccc3C2)CCO1. The van der Waals surface area contributed by atoms with E-state index in [9.17, 15) is 4.79 Å². The molecule has 0 saturated carbocycles. The predicted octanol–water partition coefficient (Wildman–Crippen LogP) is 2.81. The van der Waals surface area contributed by atoms with Crippen LogP contribution < -0.4 is 0 Å². The fourth-order valence-corrected chi connectivity index (χ4v) is 6.57. The van der Waals surface area contributed by atoms with Gasteiger partial charge in [0, 0.05) is 31.2 Å². The van der Waals surface area contributed by atoms with Crippen molar-refractivity contribution in [1.82, 2.24) is 19.8 Å². The lowest BCUT2D eigenvalue weighted by Gasteiger charge is -2.52. The number of nitrogens with zero attached hydrogens (tertiary/aromatic N) is 3. The van der Waals surface area contributed by atoms with Gasteiger partial charge in [-0.1, -0.05) is 24.3 Å². The number of carbonyl (C=O) groups excluding carboxylic acids is 1. The van der Waals surface area contributed by atoms with Crippen LogP contribution in [0.3, 0.4) is 0 Å². The molecular weight excluding hydrogens is 376 g/mol. The number of fused-ring (bicyclic) bond motifs is 3. The molecule has 3 fully saturated rings. The summed E-state index contributed by atoms with van der Waals surface area (Å²) in [5.41, 5.74) is 3.57. The smallest absolute Gasteiger partial charge is 0.272 e. The summed E-state index contributed by atoms with van der Waals surface area (Å²) in [6.45, 7) is 2.85. The number of benzene rings is 1. The van der Waals surface area contributed by atoms with E-state index in [0.717, 1.165) is 51.8 Å². The minimum atomic E-state index is -0.0915. The largest absolute Gasteiger partial charge is 0.372 e. The summed E-state index contributed by atoms with van der Waals surface area (Å²) >= 11 is 0. The molecule has 6 nitrogen and oxygen atoms in total. The normalized spacial score (nSPS) is 33.6. The highest BCUT2D eigenvalue weighted by atomic mass is 16.5. The second-order valence-electron chi connectivity index (χ2n) is 9.64. The molecule has 2 bridgehead atoms. The quantitative estimate of drug-likeness (QED) is 0.833. The number of aromatic nitrogens is 2. The Kier molecular flexibility index (Phi) is 4.46. The minimum Gasteiger partial charge on any atom is -0.372 e. The third kappa shape index (κ3) is 3.08. The van der Waals surface area contributed by atoms with Crippen molar-refractivity contribution < 1.29 is 9.53 Å². The zero-order valence-electron chi connectivity index (χ0n) is 17.4. The number of carbonyl (C=O) groups is 1. The second-order valence-corrected chi connectivity index (χ2v) is 9.64. The molecular formula is C24H30N4O2. The van der Waals surface area contributed by atoms with Crippen molar-refractivity contribution in [2.75, 3.05) is 19.7 Å². The van der Waals surface area contributed by atoms with Gasteiger partial charge in [0.25, 0.3) is 5.91 Å². The van der Waals surface area contributed by atoms with Gasteiger partial charge in [0.15, 0.2) is 0 Å². The number of amides is 1. The zero-order chi connectivity index (χ0) is 20.1. The monoisotopic (exact) mass is 406 g/mol. The Labute approximate surface area is 177 Å². The van der Waals surface area contributed by atoms with Gasteiger partial charge in [0.2, 0.25) is 0 Å². The summed E-state index contributed by atoms with van der Waals surface area (Å²) in [6, 6.07) is 10.1. The van der Waals surface area contributed by atoms with Crippen LogP contribution in [0.2, 0.25) is 0 Å². The van der Waals surface area contributed by atoms with E-state index in [1.165, 1.54) is 24.0 Å². The van der Waals surface area contributed by atoms with Crippen molar-refractivity contribution in [3.8, 4) is 0 Å². The molecule has 1 aliphatic carbocycles. The van der Waals surface area contributed by atoms with Crippen LogP contribution in [0.15, 0.2) is 36.8 Å². The van der Waals surface area contributed by atoms with E-state index in [0.29, 0.717) is 11.7 Å². The summed E-state index contributed by atoms with van der Waals surface area (Å²) in [6.07, 6.45) is 10.9. The molecule has 4 aliphatic rings. The van der Waals surface area contributed by atoms with E-state index in [2.05, 4.69) is 44.0 Å². The molecule has 1 N–H and O–H groups in total. The molecule has 3 saturated heterocycles. The molecule has 6 rings (SSSR count). The van der Waals surface area contributed by atoms with Gasteiger partial charge in [-0.05, 0) is 56.1 Å². The van der Waals surface area contributed by atoms with Gasteiger partial charge >= 0.3 is 0 Å². The molecule has 158 valence electrons. The first-order valence-electron chi connectivity index (χ1n) is 11.5. The molecule has 1 aromatic carbocycles. The third-order valence-corrected chi connectivity index (χ3v) is 7.91. The number of aryl methyl sites for hydroxylation is 1. The second kappa shape index (κ2) is 7.20. The molecule has 1 spiro atoms. The lowest BCUT2D eigenvalue weighted by atomic mass is 9.82. The Bertz CT molecular complexity index is 913. The van der Waals surface area contributed by atoms with Gasteiger partial charge in [-0.25, -0.2) is 4.98 Å². The Morgan fingerprint density at radius 2 is 1.90 bits per heavy atom. The van der Waals surface area contributed by atoms with Gasteiger partial charge in [-0.15, -0.1) is 0 Å². The summed E-state index contributed by atoms with van der Waals surface area (Å²) in [7, 11) is 0. The van der Waals surface area contributed by atoms with E-state index in [1.54, 1.807) is 12.5 Å². The maximum Gasteiger partial charge on any atom is 0.272 e. The van der Waals surface area contributed by atoms with Crippen molar-refractivity contribution >= 4 is 5.91 Å². The molecule has 0 radical (unpaired) electrons. The molecule has 1 amide bonds. The van der Waals surface area contributed by atoms with E-state index in [-0.39, 0.29) is 23.6 Å². The first kappa shape index (κ1) is 18.6. The standard InChI is InChI=1S/C24H30N4O2/c29-23(22-14-25-16-26-22)28-20-7-8-21(28)13-24(12-20)15-27(9-10-30-24)19-6-5-17-3-1-2-4-18(17)11-19/h1-4,14,16,19-21H,5-13,15H2,(H,25,26)/t19?,20-,21+,24?. The maximum absolute atomic E-state index is 13.0. The van der Waals surface area contributed by atoms with Crippen LogP contribution in [0, 0.1) is 0 Å². The lowest BCUT2D eigenvalue weighted by molar-refractivity contribution is -0.152. The van der Waals surface area contributed by atoms with Gasteiger partial charge in [-0.3, -0.25) is 9.69 Å². The molecule has 4 atom stereocenters. The van der Waals surface area contributed by atoms with Gasteiger partial charge < -0.3 is 14.6 Å². The zero-order valence-corrected chi connectivity index (χ0v) is 17.4. The van der Waals surface area contributed by atoms with Gasteiger partial charge in [0.1, 0.15) is 5.69 Å². The Morgan fingerprint density at radius 3 is 2.67 bits per heavy atom. The highest BCUT2D eigenvalue weighted by Crippen LogP contribution is 2.45. The van der Waals surface area contributed by atoms with Gasteiger partial charge in [0.05, 0.1) is 24.7 Å². The van der Waals surface area contributed by atoms with Crippen molar-refractivity contribution in [2.45, 2.75) is 68.7 Å². The third-order valence-electron chi connectivity index (χ3n) is 7.91. The molecule has 2 aromatic rings. The molecule has 4 heterocycles. The number of imidazole rings is 1. The number of aromatic amines is 1.